The van der Waals surface area contributed by atoms with Gasteiger partial charge < -0.3 is 9.73 Å². The van der Waals surface area contributed by atoms with Crippen LogP contribution in [-0.2, 0) is 5.41 Å². The first-order valence-corrected chi connectivity index (χ1v) is 22.3. The van der Waals surface area contributed by atoms with Crippen LogP contribution < -0.4 is 5.32 Å². The number of hydrogen-bond acceptors (Lipinski definition) is 4. The molecule has 63 heavy (non-hydrogen) atoms. The molecule has 2 aromatic heterocycles. The first kappa shape index (κ1) is 36.1. The van der Waals surface area contributed by atoms with Gasteiger partial charge in [0.1, 0.15) is 11.1 Å². The van der Waals surface area contributed by atoms with Crippen molar-refractivity contribution in [1.82, 2.24) is 9.97 Å². The van der Waals surface area contributed by atoms with E-state index in [2.05, 4.69) is 188 Å². The number of nitrogens with one attached hydrogen (secondary N) is 1. The van der Waals surface area contributed by atoms with Gasteiger partial charge in [-0.1, -0.05) is 171 Å². The number of anilines is 1. The predicted octanol–water partition coefficient (Wildman–Crippen LogP) is 14.6. The van der Waals surface area contributed by atoms with Crippen LogP contribution in [-0.4, -0.2) is 16.0 Å². The molecule has 0 saturated heterocycles. The molecular weight excluding hydrogens is 767 g/mol. The number of furan rings is 1. The normalized spacial score (nSPS) is 18.2. The van der Waals surface area contributed by atoms with Crippen LogP contribution in [0.15, 0.2) is 198 Å². The average Bonchev–Trinajstić information content (AvgIpc) is 3.90. The van der Waals surface area contributed by atoms with Crippen LogP contribution in [0.2, 0.25) is 0 Å². The second kappa shape index (κ2) is 14.0. The maximum Gasteiger partial charge on any atom is 0.246 e. The van der Waals surface area contributed by atoms with Gasteiger partial charge in [0.15, 0.2) is 0 Å². The number of rotatable bonds is 5. The number of para-hydroxylation sites is 2. The smallest absolute Gasteiger partial charge is 0.246 e. The lowest BCUT2D eigenvalue weighted by Crippen LogP contribution is -2.26. The van der Waals surface area contributed by atoms with Crippen molar-refractivity contribution >= 4 is 55.4 Å². The number of nitrogens with zero attached hydrogens (tertiary/aromatic N) is 2. The molecule has 9 aromatic rings. The van der Waals surface area contributed by atoms with Gasteiger partial charge in [0.25, 0.3) is 0 Å². The first-order chi connectivity index (χ1) is 31.1. The lowest BCUT2D eigenvalue weighted by Gasteiger charge is -2.31. The Hall–Kier alpha value is -7.56. The summed E-state index contributed by atoms with van der Waals surface area (Å²) in [6, 6.07) is 59.5. The van der Waals surface area contributed by atoms with E-state index < -0.39 is 5.41 Å². The van der Waals surface area contributed by atoms with Crippen LogP contribution >= 0.6 is 0 Å². The Morgan fingerprint density at radius 2 is 1.29 bits per heavy atom. The van der Waals surface area contributed by atoms with Gasteiger partial charge in [-0.15, -0.1) is 0 Å². The molecule has 0 aliphatic heterocycles. The maximum atomic E-state index is 6.56. The highest BCUT2D eigenvalue weighted by molar-refractivity contribution is 6.10. The molecule has 1 N–H and O–H groups in total. The monoisotopic (exact) mass is 809 g/mol. The van der Waals surface area contributed by atoms with E-state index in [4.69, 9.17) is 14.4 Å². The molecule has 2 atom stereocenters. The molecule has 7 aromatic carbocycles. The van der Waals surface area contributed by atoms with E-state index in [0.29, 0.717) is 5.71 Å². The van der Waals surface area contributed by atoms with Crippen molar-refractivity contribution in [3.05, 3.63) is 227 Å². The summed E-state index contributed by atoms with van der Waals surface area (Å²) in [5.41, 5.74) is 20.0. The lowest BCUT2D eigenvalue weighted by molar-refractivity contribution is 0.648. The third-order valence-corrected chi connectivity index (χ3v) is 14.1. The van der Waals surface area contributed by atoms with Crippen molar-refractivity contribution in [3.8, 4) is 22.3 Å². The summed E-state index contributed by atoms with van der Waals surface area (Å²) in [6.07, 6.45) is 12.2. The van der Waals surface area contributed by atoms with Crippen LogP contribution in [0.25, 0.3) is 71.9 Å². The van der Waals surface area contributed by atoms with Crippen LogP contribution in [0.5, 0.6) is 0 Å². The molecule has 4 aliphatic rings. The summed E-state index contributed by atoms with van der Waals surface area (Å²) in [7, 11) is 0. The molecule has 0 radical (unpaired) electrons. The summed E-state index contributed by atoms with van der Waals surface area (Å²) in [6.45, 7) is 2.38. The predicted molar refractivity (Wildman–Crippen MR) is 259 cm³/mol. The van der Waals surface area contributed by atoms with Crippen molar-refractivity contribution in [1.29, 1.82) is 0 Å². The van der Waals surface area contributed by atoms with Crippen molar-refractivity contribution in [2.24, 2.45) is 5.92 Å². The highest BCUT2D eigenvalue weighted by atomic mass is 16.3. The summed E-state index contributed by atoms with van der Waals surface area (Å²) < 4.78 is 6.56. The van der Waals surface area contributed by atoms with Gasteiger partial charge in [-0.05, 0) is 121 Å². The van der Waals surface area contributed by atoms with E-state index >= 15 is 0 Å². The average molecular weight is 810 g/mol. The second-order valence-electron chi connectivity index (χ2n) is 17.6. The fourth-order valence-corrected chi connectivity index (χ4v) is 11.3. The largest absolute Gasteiger partial charge is 0.436 e. The molecule has 0 amide bonds. The molecule has 0 saturated carbocycles. The number of fused-ring (bicyclic) bond motifs is 14. The number of allylic oxidation sites excluding steroid dienone is 6. The Morgan fingerprint density at radius 3 is 2.06 bits per heavy atom. The van der Waals surface area contributed by atoms with Crippen LogP contribution in [0.3, 0.4) is 0 Å². The Balaban J connectivity index is 0.969. The van der Waals surface area contributed by atoms with Gasteiger partial charge in [-0.25, -0.2) is 9.97 Å². The van der Waals surface area contributed by atoms with Gasteiger partial charge >= 0.3 is 0 Å². The maximum absolute atomic E-state index is 6.56. The second-order valence-corrected chi connectivity index (χ2v) is 17.6. The van der Waals surface area contributed by atoms with E-state index in [1.807, 2.05) is 12.1 Å². The van der Waals surface area contributed by atoms with E-state index in [1.165, 1.54) is 72.0 Å². The van der Waals surface area contributed by atoms with E-state index in [1.54, 1.807) is 0 Å². The molecule has 2 heterocycles. The van der Waals surface area contributed by atoms with Crippen molar-refractivity contribution in [3.63, 3.8) is 0 Å². The van der Waals surface area contributed by atoms with Gasteiger partial charge in [-0.3, -0.25) is 0 Å². The molecule has 300 valence electrons. The fraction of sp³-hybridized carbons (Fsp3) is 0.119. The Kier molecular flexibility index (Phi) is 8.02. The molecule has 2 unspecified atom stereocenters. The summed E-state index contributed by atoms with van der Waals surface area (Å²) >= 11 is 0. The highest BCUT2D eigenvalue weighted by Crippen LogP contribution is 2.66. The van der Waals surface area contributed by atoms with Crippen LogP contribution in [0.4, 0.5) is 5.69 Å². The van der Waals surface area contributed by atoms with Crippen molar-refractivity contribution < 1.29 is 4.42 Å². The highest BCUT2D eigenvalue weighted by Gasteiger charge is 2.54. The molecule has 0 bridgehead atoms. The van der Waals surface area contributed by atoms with E-state index in [-0.39, 0.29) is 12.0 Å². The Morgan fingerprint density at radius 1 is 0.619 bits per heavy atom. The topological polar surface area (TPSA) is 51.0 Å². The minimum absolute atomic E-state index is 0.0997. The van der Waals surface area contributed by atoms with Crippen LogP contribution in [0, 0.1) is 5.92 Å². The zero-order valence-electron chi connectivity index (χ0n) is 35.0. The summed E-state index contributed by atoms with van der Waals surface area (Å²) in [5, 5.41) is 7.37. The van der Waals surface area contributed by atoms with Gasteiger partial charge in [0, 0.05) is 22.7 Å². The quantitative estimate of drug-likeness (QED) is 0.188. The van der Waals surface area contributed by atoms with Crippen molar-refractivity contribution in [2.75, 3.05) is 5.32 Å². The SMILES string of the molecule is CC1CCC=C2C(=C1c1nc3oc4ccccc4c3nc1C1=CCC(Nc3ccccc3-c3ccc4ccccc4c3)C=C1)c1ccccc1C21c2ccccc2-c2ccccc21. The Bertz CT molecular complexity index is 3460. The van der Waals surface area contributed by atoms with Crippen molar-refractivity contribution in [2.45, 2.75) is 37.6 Å². The third kappa shape index (κ3) is 5.34. The molecule has 4 nitrogen and oxygen atoms in total. The standard InChI is InChI=1S/C59H43N3O/c1-36-15-14-26-50-54(45-21-6-11-25-49(45)59(50)47-23-9-4-19-43(47)44-20-5-10-24-48(44)59)53(36)57-55(61-56-46-22-8-13-28-52(46)63-58(56)62-57)38-31-33-41(34-32-38)60-51-27-12-7-18-42(51)40-30-29-37-16-2-3-17-39(37)35-40/h2-13,16-33,35-36,41,60H,14-15,34H2,1H3. The zero-order chi connectivity index (χ0) is 41.6. The summed E-state index contributed by atoms with van der Waals surface area (Å²) in [5.74, 6) is 0.202. The van der Waals surface area contributed by atoms with Gasteiger partial charge in [-0.2, -0.15) is 0 Å². The number of hydrogen-bond donors (Lipinski definition) is 1. The molecule has 4 aliphatic carbocycles. The molecule has 4 heteroatoms. The molecular formula is C59H43N3O. The minimum atomic E-state index is -0.433. The van der Waals surface area contributed by atoms with Gasteiger partial charge in [0.2, 0.25) is 5.71 Å². The number of aromatic nitrogens is 2. The van der Waals surface area contributed by atoms with E-state index in [9.17, 15) is 0 Å². The molecule has 1 spiro atoms. The lowest BCUT2D eigenvalue weighted by atomic mass is 9.70. The molecule has 13 rings (SSSR count). The Labute approximate surface area is 366 Å². The van der Waals surface area contributed by atoms with Gasteiger partial charge in [0.05, 0.1) is 16.8 Å². The van der Waals surface area contributed by atoms with E-state index in [0.717, 1.165) is 58.4 Å². The van der Waals surface area contributed by atoms with Crippen LogP contribution in [0.1, 0.15) is 59.8 Å². The fourth-order valence-electron chi connectivity index (χ4n) is 11.3. The number of benzene rings is 7. The first-order valence-electron chi connectivity index (χ1n) is 22.3. The zero-order valence-corrected chi connectivity index (χ0v) is 35.0. The minimum Gasteiger partial charge on any atom is -0.436 e. The summed E-state index contributed by atoms with van der Waals surface area (Å²) in [4.78, 5) is 11.2. The molecule has 0 fully saturated rings. The third-order valence-electron chi connectivity index (χ3n) is 14.1.